The summed E-state index contributed by atoms with van der Waals surface area (Å²) in [4.78, 5) is 0. The average Bonchev–Trinajstić information content (AvgIpc) is 1.84. The molecular weight excluding hydrogens is 152 g/mol. The summed E-state index contributed by atoms with van der Waals surface area (Å²) in [5, 5.41) is 0. The first-order valence-electron chi connectivity index (χ1n) is 4.03. The Morgan fingerprint density at radius 1 is 1.55 bits per heavy atom. The van der Waals surface area contributed by atoms with Crippen LogP contribution in [-0.4, -0.2) is 14.4 Å². The van der Waals surface area contributed by atoms with E-state index in [1.807, 2.05) is 6.08 Å². The lowest BCUT2D eigenvalue weighted by molar-refractivity contribution is 0.238. The molecule has 0 aromatic heterocycles. The molecule has 2 heteroatoms. The van der Waals surface area contributed by atoms with E-state index in [0.29, 0.717) is 0 Å². The standard InChI is InChI=1S/C9H18OSi/c1-6-8-9(7-2)10-11(3,4)5/h8-9H,1,7H2,2-5H3/t9-/m1/s1. The van der Waals surface area contributed by atoms with Crippen molar-refractivity contribution in [1.82, 2.24) is 0 Å². The summed E-state index contributed by atoms with van der Waals surface area (Å²) < 4.78 is 5.81. The van der Waals surface area contributed by atoms with Gasteiger partial charge in [0, 0.05) is 0 Å². The lowest BCUT2D eigenvalue weighted by Crippen LogP contribution is -2.30. The minimum atomic E-state index is -1.38. The lowest BCUT2D eigenvalue weighted by Gasteiger charge is -2.22. The van der Waals surface area contributed by atoms with E-state index in [1.165, 1.54) is 0 Å². The number of rotatable bonds is 4. The van der Waals surface area contributed by atoms with Crippen LogP contribution < -0.4 is 0 Å². The molecule has 0 fully saturated rings. The third-order valence-electron chi connectivity index (χ3n) is 1.21. The molecule has 64 valence electrons. The average molecular weight is 170 g/mol. The van der Waals surface area contributed by atoms with Gasteiger partial charge in [-0.2, -0.15) is 0 Å². The van der Waals surface area contributed by atoms with Gasteiger partial charge in [-0.15, -0.1) is 5.73 Å². The van der Waals surface area contributed by atoms with Gasteiger partial charge in [0.1, 0.15) is 0 Å². The predicted octanol–water partition coefficient (Wildman–Crippen LogP) is 2.96. The summed E-state index contributed by atoms with van der Waals surface area (Å²) in [6, 6.07) is 0. The first kappa shape index (κ1) is 10.7. The van der Waals surface area contributed by atoms with Gasteiger partial charge in [-0.25, -0.2) is 0 Å². The predicted molar refractivity (Wildman–Crippen MR) is 52.2 cm³/mol. The Balaban J connectivity index is 3.98. The summed E-state index contributed by atoms with van der Waals surface area (Å²) in [6.45, 7) is 12.2. The second kappa shape index (κ2) is 4.55. The molecule has 11 heavy (non-hydrogen) atoms. The Hall–Kier alpha value is -0.303. The zero-order valence-electron chi connectivity index (χ0n) is 7.98. The number of hydrogen-bond acceptors (Lipinski definition) is 1. The highest BCUT2D eigenvalue weighted by Crippen LogP contribution is 2.10. The molecular formula is C9H18OSi. The molecule has 0 rings (SSSR count). The van der Waals surface area contributed by atoms with Crippen molar-refractivity contribution in [1.29, 1.82) is 0 Å². The Morgan fingerprint density at radius 3 is 2.36 bits per heavy atom. The van der Waals surface area contributed by atoms with Gasteiger partial charge in [0.05, 0.1) is 6.10 Å². The van der Waals surface area contributed by atoms with E-state index in [2.05, 4.69) is 38.9 Å². The van der Waals surface area contributed by atoms with Gasteiger partial charge in [-0.3, -0.25) is 0 Å². The third kappa shape index (κ3) is 6.11. The van der Waals surface area contributed by atoms with Crippen molar-refractivity contribution in [3.63, 3.8) is 0 Å². The maximum absolute atomic E-state index is 5.81. The van der Waals surface area contributed by atoms with Gasteiger partial charge in [-0.05, 0) is 32.1 Å². The summed E-state index contributed by atoms with van der Waals surface area (Å²) in [6.07, 6.45) is 3.13. The highest BCUT2D eigenvalue weighted by atomic mass is 28.4. The highest BCUT2D eigenvalue weighted by Gasteiger charge is 2.17. The van der Waals surface area contributed by atoms with Crippen molar-refractivity contribution in [2.75, 3.05) is 0 Å². The van der Waals surface area contributed by atoms with Gasteiger partial charge in [0.2, 0.25) is 0 Å². The van der Waals surface area contributed by atoms with Crippen LogP contribution in [-0.2, 0) is 4.43 Å². The van der Waals surface area contributed by atoms with E-state index < -0.39 is 8.32 Å². The van der Waals surface area contributed by atoms with E-state index in [9.17, 15) is 0 Å². The van der Waals surface area contributed by atoms with Crippen molar-refractivity contribution in [3.05, 3.63) is 18.4 Å². The van der Waals surface area contributed by atoms with Gasteiger partial charge in [-0.1, -0.05) is 13.5 Å². The monoisotopic (exact) mass is 170 g/mol. The fourth-order valence-electron chi connectivity index (χ4n) is 0.821. The zero-order chi connectivity index (χ0) is 8.91. The molecule has 0 heterocycles. The lowest BCUT2D eigenvalue weighted by atomic mass is 10.3. The molecule has 0 aromatic carbocycles. The normalized spacial score (nSPS) is 13.8. The van der Waals surface area contributed by atoms with Gasteiger partial charge >= 0.3 is 0 Å². The van der Waals surface area contributed by atoms with Crippen molar-refractivity contribution in [2.24, 2.45) is 0 Å². The van der Waals surface area contributed by atoms with Crippen LogP contribution in [0, 0.1) is 0 Å². The molecule has 0 saturated heterocycles. The van der Waals surface area contributed by atoms with Crippen LogP contribution >= 0.6 is 0 Å². The van der Waals surface area contributed by atoms with Gasteiger partial charge < -0.3 is 4.43 Å². The molecule has 0 aliphatic rings. The van der Waals surface area contributed by atoms with E-state index in [-0.39, 0.29) is 6.10 Å². The minimum absolute atomic E-state index is 0.221. The van der Waals surface area contributed by atoms with Crippen molar-refractivity contribution in [3.8, 4) is 0 Å². The van der Waals surface area contributed by atoms with Crippen LogP contribution in [0.1, 0.15) is 13.3 Å². The van der Waals surface area contributed by atoms with Crippen molar-refractivity contribution < 1.29 is 4.43 Å². The van der Waals surface area contributed by atoms with Gasteiger partial charge in [0.25, 0.3) is 0 Å². The SMILES string of the molecule is C=C=C[C@@H](CC)O[Si](C)(C)C. The largest absolute Gasteiger partial charge is 0.411 e. The van der Waals surface area contributed by atoms with Crippen molar-refractivity contribution >= 4 is 8.32 Å². The quantitative estimate of drug-likeness (QED) is 0.465. The Bertz CT molecular complexity index is 151. The van der Waals surface area contributed by atoms with Crippen LogP contribution in [0.5, 0.6) is 0 Å². The maximum atomic E-state index is 5.81. The van der Waals surface area contributed by atoms with E-state index in [0.717, 1.165) is 6.42 Å². The molecule has 0 aliphatic carbocycles. The first-order valence-corrected chi connectivity index (χ1v) is 7.44. The molecule has 1 atom stereocenters. The topological polar surface area (TPSA) is 9.23 Å². The summed E-state index contributed by atoms with van der Waals surface area (Å²) in [5.74, 6) is 0. The zero-order valence-corrected chi connectivity index (χ0v) is 8.98. The van der Waals surface area contributed by atoms with E-state index >= 15 is 0 Å². The fraction of sp³-hybridized carbons (Fsp3) is 0.667. The number of hydrogen-bond donors (Lipinski definition) is 0. The van der Waals surface area contributed by atoms with Crippen LogP contribution in [0.15, 0.2) is 18.4 Å². The Morgan fingerprint density at radius 2 is 2.09 bits per heavy atom. The smallest absolute Gasteiger partial charge is 0.184 e. The first-order chi connectivity index (χ1) is 4.99. The molecule has 0 N–H and O–H groups in total. The van der Waals surface area contributed by atoms with Crippen LogP contribution in [0.2, 0.25) is 19.6 Å². The summed E-state index contributed by atoms with van der Waals surface area (Å²) in [5.41, 5.74) is 2.76. The molecule has 0 amide bonds. The maximum Gasteiger partial charge on any atom is 0.184 e. The molecule has 0 unspecified atom stereocenters. The van der Waals surface area contributed by atoms with Gasteiger partial charge in [0.15, 0.2) is 8.32 Å². The van der Waals surface area contributed by atoms with Crippen molar-refractivity contribution in [2.45, 2.75) is 39.1 Å². The molecule has 0 bridgehead atoms. The van der Waals surface area contributed by atoms with E-state index in [1.54, 1.807) is 0 Å². The molecule has 0 aliphatic heterocycles. The Labute approximate surface area is 70.9 Å². The van der Waals surface area contributed by atoms with Crippen LogP contribution in [0.25, 0.3) is 0 Å². The summed E-state index contributed by atoms with van der Waals surface area (Å²) in [7, 11) is -1.38. The third-order valence-corrected chi connectivity index (χ3v) is 2.22. The molecule has 0 saturated carbocycles. The second-order valence-electron chi connectivity index (χ2n) is 3.55. The molecule has 0 spiro atoms. The van der Waals surface area contributed by atoms with Crippen LogP contribution in [0.4, 0.5) is 0 Å². The minimum Gasteiger partial charge on any atom is -0.411 e. The molecule has 0 radical (unpaired) electrons. The second-order valence-corrected chi connectivity index (χ2v) is 8.01. The van der Waals surface area contributed by atoms with Crippen LogP contribution in [0.3, 0.4) is 0 Å². The van der Waals surface area contributed by atoms with E-state index in [4.69, 9.17) is 4.43 Å². The fourth-order valence-corrected chi connectivity index (χ4v) is 1.96. The molecule has 0 aromatic rings. The Kier molecular flexibility index (Phi) is 4.42. The summed E-state index contributed by atoms with van der Waals surface area (Å²) >= 11 is 0. The highest BCUT2D eigenvalue weighted by molar-refractivity contribution is 6.69. The molecule has 1 nitrogen and oxygen atoms in total.